The van der Waals surface area contributed by atoms with Crippen LogP contribution in [0.5, 0.6) is 5.75 Å². The van der Waals surface area contributed by atoms with E-state index < -0.39 is 5.97 Å². The molecule has 1 aliphatic carbocycles. The van der Waals surface area contributed by atoms with Crippen molar-refractivity contribution in [2.45, 2.75) is 45.4 Å². The first-order valence-electron chi connectivity index (χ1n) is 9.15. The molecule has 1 heterocycles. The van der Waals surface area contributed by atoms with Crippen LogP contribution >= 0.6 is 0 Å². The van der Waals surface area contributed by atoms with E-state index in [9.17, 15) is 19.5 Å². The average molecular weight is 372 g/mol. The summed E-state index contributed by atoms with van der Waals surface area (Å²) in [4.78, 5) is 34.4. The Hall–Kier alpha value is -2.83. The van der Waals surface area contributed by atoms with Crippen LogP contribution in [0.25, 0.3) is 11.0 Å². The monoisotopic (exact) mass is 372 g/mol. The van der Waals surface area contributed by atoms with Crippen molar-refractivity contribution in [3.8, 4) is 5.75 Å². The maximum Gasteiger partial charge on any atom is 0.339 e. The zero-order valence-electron chi connectivity index (χ0n) is 15.3. The van der Waals surface area contributed by atoms with Gasteiger partial charge in [0, 0.05) is 29.0 Å². The van der Waals surface area contributed by atoms with Crippen LogP contribution in [0.15, 0.2) is 21.3 Å². The second kappa shape index (κ2) is 8.24. The van der Waals surface area contributed by atoms with E-state index in [1.807, 2.05) is 6.07 Å². The summed E-state index contributed by atoms with van der Waals surface area (Å²) in [6, 6.07) is 3.67. The quantitative estimate of drug-likeness (QED) is 0.574. The van der Waals surface area contributed by atoms with Crippen molar-refractivity contribution >= 4 is 22.8 Å². The lowest BCUT2D eigenvalue weighted by atomic mass is 9.90. The Morgan fingerprint density at radius 2 is 1.96 bits per heavy atom. The third-order valence-corrected chi connectivity index (χ3v) is 4.83. The number of carbonyl (C=O) groups is 2. The number of amides is 1. The molecule has 0 saturated carbocycles. The van der Waals surface area contributed by atoms with E-state index in [4.69, 9.17) is 9.15 Å². The predicted octanol–water partition coefficient (Wildman–Crippen LogP) is 1.01. The number of hydrogen-bond donors (Lipinski definition) is 1. The molecule has 7 heteroatoms. The second-order valence-electron chi connectivity index (χ2n) is 6.73. The maximum atomic E-state index is 12.3. The van der Waals surface area contributed by atoms with E-state index in [0.717, 1.165) is 42.2 Å². The molecule has 0 spiro atoms. The SMILES string of the molecule is Cc1c(OCC(=O)NCCCC(=O)[O-])ccc2c3c(c(=O)oc12)CCCC3. The number of nitrogens with one attached hydrogen (secondary N) is 1. The van der Waals surface area contributed by atoms with Gasteiger partial charge < -0.3 is 24.4 Å². The van der Waals surface area contributed by atoms with Crippen molar-refractivity contribution in [2.24, 2.45) is 0 Å². The second-order valence-corrected chi connectivity index (χ2v) is 6.73. The normalized spacial score (nSPS) is 13.2. The van der Waals surface area contributed by atoms with Gasteiger partial charge in [-0.05, 0) is 63.1 Å². The average Bonchev–Trinajstić information content (AvgIpc) is 2.65. The Bertz CT molecular complexity index is 930. The molecular formula is C20H22NO6-. The lowest BCUT2D eigenvalue weighted by Crippen LogP contribution is -2.31. The fourth-order valence-corrected chi connectivity index (χ4v) is 3.44. The number of ether oxygens (including phenoxy) is 1. The number of carboxylic acid groups (broad SMARTS) is 1. The molecule has 27 heavy (non-hydrogen) atoms. The lowest BCUT2D eigenvalue weighted by molar-refractivity contribution is -0.305. The number of benzene rings is 1. The summed E-state index contributed by atoms with van der Waals surface area (Å²) in [5.41, 5.74) is 2.74. The van der Waals surface area contributed by atoms with E-state index in [1.54, 1.807) is 13.0 Å². The molecule has 1 aromatic heterocycles. The molecular weight excluding hydrogens is 350 g/mol. The third-order valence-electron chi connectivity index (χ3n) is 4.83. The number of carbonyl (C=O) groups excluding carboxylic acids is 2. The smallest absolute Gasteiger partial charge is 0.339 e. The van der Waals surface area contributed by atoms with Gasteiger partial charge in [-0.2, -0.15) is 0 Å². The van der Waals surface area contributed by atoms with Crippen molar-refractivity contribution in [3.05, 3.63) is 39.2 Å². The highest BCUT2D eigenvalue weighted by Crippen LogP contribution is 2.32. The van der Waals surface area contributed by atoms with Gasteiger partial charge in [0.2, 0.25) is 0 Å². The minimum atomic E-state index is -1.14. The van der Waals surface area contributed by atoms with E-state index in [2.05, 4.69) is 5.32 Å². The highest BCUT2D eigenvalue weighted by Gasteiger charge is 2.20. The summed E-state index contributed by atoms with van der Waals surface area (Å²) in [5.74, 6) is -1.01. The number of aryl methyl sites for hydroxylation is 2. The largest absolute Gasteiger partial charge is 0.550 e. The first-order valence-corrected chi connectivity index (χ1v) is 9.15. The zero-order valence-corrected chi connectivity index (χ0v) is 15.3. The molecule has 0 radical (unpaired) electrons. The van der Waals surface area contributed by atoms with Gasteiger partial charge in [0.25, 0.3) is 5.91 Å². The van der Waals surface area contributed by atoms with Gasteiger partial charge in [0.15, 0.2) is 6.61 Å². The molecule has 3 rings (SSSR count). The van der Waals surface area contributed by atoms with Crippen molar-refractivity contribution in [1.29, 1.82) is 0 Å². The molecule has 2 aromatic rings. The standard InChI is InChI=1S/C20H23NO6/c1-12-16(26-11-17(22)21-10-4-7-18(23)24)9-8-14-13-5-2-3-6-15(13)20(25)27-19(12)14/h8-9H,2-7,10-11H2,1H3,(H,21,22)(H,23,24)/p-1. The molecule has 1 amide bonds. The van der Waals surface area contributed by atoms with Crippen LogP contribution in [-0.2, 0) is 22.4 Å². The van der Waals surface area contributed by atoms with Gasteiger partial charge in [0.1, 0.15) is 11.3 Å². The predicted molar refractivity (Wildman–Crippen MR) is 96.6 cm³/mol. The topological polar surface area (TPSA) is 109 Å². The molecule has 1 aliphatic rings. The van der Waals surface area contributed by atoms with Crippen LogP contribution < -0.4 is 20.8 Å². The van der Waals surface area contributed by atoms with Gasteiger partial charge in [-0.15, -0.1) is 0 Å². The van der Waals surface area contributed by atoms with E-state index in [-0.39, 0.29) is 31.1 Å². The molecule has 7 nitrogen and oxygen atoms in total. The van der Waals surface area contributed by atoms with Crippen LogP contribution in [0.3, 0.4) is 0 Å². The summed E-state index contributed by atoms with van der Waals surface area (Å²) < 4.78 is 11.1. The van der Waals surface area contributed by atoms with E-state index >= 15 is 0 Å². The molecule has 0 atom stereocenters. The van der Waals surface area contributed by atoms with Gasteiger partial charge >= 0.3 is 5.63 Å². The number of carboxylic acids is 1. The zero-order chi connectivity index (χ0) is 19.4. The number of rotatable bonds is 7. The number of fused-ring (bicyclic) bond motifs is 3. The highest BCUT2D eigenvalue weighted by atomic mass is 16.5. The Labute approximate surface area is 156 Å². The van der Waals surface area contributed by atoms with Gasteiger partial charge in [-0.1, -0.05) is 0 Å². The maximum absolute atomic E-state index is 12.3. The molecule has 1 N–H and O–H groups in total. The summed E-state index contributed by atoms with van der Waals surface area (Å²) in [6.45, 7) is 1.84. The van der Waals surface area contributed by atoms with Crippen molar-refractivity contribution in [3.63, 3.8) is 0 Å². The summed E-state index contributed by atoms with van der Waals surface area (Å²) >= 11 is 0. The molecule has 0 fully saturated rings. The fraction of sp³-hybridized carbons (Fsp3) is 0.450. The van der Waals surface area contributed by atoms with E-state index in [0.29, 0.717) is 23.3 Å². The van der Waals surface area contributed by atoms with Crippen LogP contribution in [0, 0.1) is 6.92 Å². The third kappa shape index (κ3) is 4.30. The Kier molecular flexibility index (Phi) is 5.78. The summed E-state index contributed by atoms with van der Waals surface area (Å²) in [7, 11) is 0. The molecule has 144 valence electrons. The van der Waals surface area contributed by atoms with Crippen LogP contribution in [0.1, 0.15) is 42.4 Å². The molecule has 0 saturated heterocycles. The first kappa shape index (κ1) is 18.9. The van der Waals surface area contributed by atoms with Crippen LogP contribution in [0.2, 0.25) is 0 Å². The van der Waals surface area contributed by atoms with Gasteiger partial charge in [-0.3, -0.25) is 4.79 Å². The van der Waals surface area contributed by atoms with Crippen LogP contribution in [0.4, 0.5) is 0 Å². The van der Waals surface area contributed by atoms with Crippen LogP contribution in [-0.4, -0.2) is 25.0 Å². The Morgan fingerprint density at radius 3 is 2.70 bits per heavy atom. The highest BCUT2D eigenvalue weighted by molar-refractivity contribution is 5.86. The van der Waals surface area contributed by atoms with Crippen molar-refractivity contribution in [2.75, 3.05) is 13.2 Å². The number of hydrogen-bond acceptors (Lipinski definition) is 6. The lowest BCUT2D eigenvalue weighted by Gasteiger charge is -2.18. The van der Waals surface area contributed by atoms with Crippen molar-refractivity contribution < 1.29 is 23.8 Å². The minimum absolute atomic E-state index is 0.103. The fourth-order valence-electron chi connectivity index (χ4n) is 3.44. The molecule has 0 bridgehead atoms. The van der Waals surface area contributed by atoms with Gasteiger partial charge in [0.05, 0.1) is 0 Å². The summed E-state index contributed by atoms with van der Waals surface area (Å²) in [5, 5.41) is 13.9. The summed E-state index contributed by atoms with van der Waals surface area (Å²) in [6.07, 6.45) is 3.88. The van der Waals surface area contributed by atoms with E-state index in [1.165, 1.54) is 0 Å². The number of aliphatic carboxylic acids is 1. The Morgan fingerprint density at radius 1 is 1.22 bits per heavy atom. The molecule has 1 aromatic carbocycles. The van der Waals surface area contributed by atoms with Gasteiger partial charge in [-0.25, -0.2) is 4.79 Å². The van der Waals surface area contributed by atoms with Crippen molar-refractivity contribution in [1.82, 2.24) is 5.32 Å². The Balaban J connectivity index is 1.71. The molecule has 0 unspecified atom stereocenters. The first-order chi connectivity index (χ1) is 13.0. The minimum Gasteiger partial charge on any atom is -0.550 e. The molecule has 0 aliphatic heterocycles.